The van der Waals surface area contributed by atoms with E-state index in [0.717, 1.165) is 26.3 Å². The largest absolute Gasteiger partial charge is 0.298 e. The van der Waals surface area contributed by atoms with Gasteiger partial charge in [0.05, 0.1) is 11.4 Å². The molecule has 2 heterocycles. The van der Waals surface area contributed by atoms with Crippen LogP contribution < -0.4 is 5.32 Å². The number of carbonyl (C=O) groups excluding carboxylic acids is 1. The molecule has 0 aliphatic carbocycles. The molecule has 0 atom stereocenters. The summed E-state index contributed by atoms with van der Waals surface area (Å²) in [6.45, 7) is 1.99. The van der Waals surface area contributed by atoms with Gasteiger partial charge in [-0.05, 0) is 53.7 Å². The summed E-state index contributed by atoms with van der Waals surface area (Å²) >= 11 is 4.88. The molecule has 0 saturated carbocycles. The Morgan fingerprint density at radius 2 is 1.85 bits per heavy atom. The van der Waals surface area contributed by atoms with Gasteiger partial charge in [-0.1, -0.05) is 28.1 Å². The van der Waals surface area contributed by atoms with E-state index in [4.69, 9.17) is 0 Å². The Morgan fingerprint density at radius 3 is 2.52 bits per heavy atom. The van der Waals surface area contributed by atoms with Crippen LogP contribution in [0.5, 0.6) is 0 Å². The molecule has 0 bridgehead atoms. The maximum Gasteiger partial charge on any atom is 0.257 e. The van der Waals surface area contributed by atoms with Gasteiger partial charge < -0.3 is 0 Å². The number of aromatic nitrogens is 5. The maximum absolute atomic E-state index is 12.5. The van der Waals surface area contributed by atoms with Crippen molar-refractivity contribution in [1.82, 2.24) is 25.2 Å². The molecular weight excluding hydrogens is 428 g/mol. The van der Waals surface area contributed by atoms with Crippen LogP contribution in [0.2, 0.25) is 0 Å². The number of thiazole rings is 1. The molecule has 4 aromatic rings. The van der Waals surface area contributed by atoms with E-state index in [1.54, 1.807) is 24.3 Å². The van der Waals surface area contributed by atoms with Crippen LogP contribution in [0, 0.1) is 6.92 Å². The zero-order chi connectivity index (χ0) is 18.8. The standard InChI is InChI=1S/C18H13BrN6OS/c1-11-16(12-2-6-14(19)7-3-12)21-18(27-11)22-17(26)13-4-8-15(9-5-13)25-10-20-23-24-25/h2-10H,1H3,(H,21,22,26). The van der Waals surface area contributed by atoms with Crippen molar-refractivity contribution < 1.29 is 4.79 Å². The number of aryl methyl sites for hydroxylation is 1. The summed E-state index contributed by atoms with van der Waals surface area (Å²) in [6.07, 6.45) is 1.50. The van der Waals surface area contributed by atoms with Crippen molar-refractivity contribution in [2.45, 2.75) is 6.92 Å². The van der Waals surface area contributed by atoms with Gasteiger partial charge >= 0.3 is 0 Å². The summed E-state index contributed by atoms with van der Waals surface area (Å²) in [6, 6.07) is 14.9. The normalized spacial score (nSPS) is 10.7. The minimum Gasteiger partial charge on any atom is -0.298 e. The van der Waals surface area contributed by atoms with Crippen LogP contribution in [0.3, 0.4) is 0 Å². The molecule has 7 nitrogen and oxygen atoms in total. The Hall–Kier alpha value is -2.91. The number of tetrazole rings is 1. The average molecular weight is 441 g/mol. The van der Waals surface area contributed by atoms with E-state index < -0.39 is 0 Å². The molecule has 4 rings (SSSR count). The van der Waals surface area contributed by atoms with Crippen LogP contribution in [0.25, 0.3) is 16.9 Å². The summed E-state index contributed by atoms with van der Waals surface area (Å²) < 4.78 is 2.54. The fraction of sp³-hybridized carbons (Fsp3) is 0.0556. The second-order valence-electron chi connectivity index (χ2n) is 5.69. The van der Waals surface area contributed by atoms with Crippen LogP contribution >= 0.6 is 27.3 Å². The van der Waals surface area contributed by atoms with Gasteiger partial charge in [0.25, 0.3) is 5.91 Å². The lowest BCUT2D eigenvalue weighted by Gasteiger charge is -2.03. The van der Waals surface area contributed by atoms with E-state index in [2.05, 4.69) is 41.8 Å². The second kappa shape index (κ2) is 7.37. The number of carbonyl (C=O) groups is 1. The summed E-state index contributed by atoms with van der Waals surface area (Å²) in [4.78, 5) is 18.1. The first kappa shape index (κ1) is 17.5. The number of hydrogen-bond acceptors (Lipinski definition) is 6. The number of nitrogens with zero attached hydrogens (tertiary/aromatic N) is 5. The Balaban J connectivity index is 1.51. The van der Waals surface area contributed by atoms with Crippen molar-refractivity contribution in [1.29, 1.82) is 0 Å². The maximum atomic E-state index is 12.5. The quantitative estimate of drug-likeness (QED) is 0.515. The van der Waals surface area contributed by atoms with Crippen molar-refractivity contribution in [3.8, 4) is 16.9 Å². The molecule has 0 aliphatic heterocycles. The molecule has 1 N–H and O–H groups in total. The van der Waals surface area contributed by atoms with Crippen LogP contribution in [-0.2, 0) is 0 Å². The Kier molecular flexibility index (Phi) is 4.78. The molecule has 2 aromatic heterocycles. The zero-order valence-corrected chi connectivity index (χ0v) is 16.5. The number of nitrogens with one attached hydrogen (secondary N) is 1. The average Bonchev–Trinajstić information content (AvgIpc) is 3.33. The Labute approximate surface area is 167 Å². The molecule has 27 heavy (non-hydrogen) atoms. The minimum absolute atomic E-state index is 0.214. The van der Waals surface area contributed by atoms with Crippen molar-refractivity contribution in [3.63, 3.8) is 0 Å². The molecule has 0 fully saturated rings. The number of rotatable bonds is 4. The number of anilines is 1. The van der Waals surface area contributed by atoms with Gasteiger partial charge in [-0.25, -0.2) is 9.67 Å². The molecule has 2 aromatic carbocycles. The SMILES string of the molecule is Cc1sc(NC(=O)c2ccc(-n3cnnn3)cc2)nc1-c1ccc(Br)cc1. The van der Waals surface area contributed by atoms with Gasteiger partial charge in [0.15, 0.2) is 5.13 Å². The first-order valence-corrected chi connectivity index (χ1v) is 9.59. The summed E-state index contributed by atoms with van der Waals surface area (Å²) in [5.41, 5.74) is 3.19. The highest BCUT2D eigenvalue weighted by Crippen LogP contribution is 2.31. The number of halogens is 1. The van der Waals surface area contributed by atoms with Gasteiger partial charge in [0.2, 0.25) is 0 Å². The van der Waals surface area contributed by atoms with Gasteiger partial charge in [-0.2, -0.15) is 0 Å². The summed E-state index contributed by atoms with van der Waals surface area (Å²) in [5, 5.41) is 14.4. The van der Waals surface area contributed by atoms with E-state index >= 15 is 0 Å². The summed E-state index contributed by atoms with van der Waals surface area (Å²) in [5.74, 6) is -0.214. The third-order valence-corrected chi connectivity index (χ3v) is 5.29. The van der Waals surface area contributed by atoms with E-state index in [1.165, 1.54) is 22.3 Å². The van der Waals surface area contributed by atoms with Gasteiger partial charge in [-0.15, -0.1) is 16.4 Å². The van der Waals surface area contributed by atoms with Gasteiger partial charge in [0.1, 0.15) is 6.33 Å². The molecule has 0 saturated heterocycles. The predicted molar refractivity (Wildman–Crippen MR) is 107 cm³/mol. The highest BCUT2D eigenvalue weighted by molar-refractivity contribution is 9.10. The van der Waals surface area contributed by atoms with E-state index in [0.29, 0.717) is 10.7 Å². The van der Waals surface area contributed by atoms with Gasteiger partial charge in [-0.3, -0.25) is 10.1 Å². The fourth-order valence-corrected chi connectivity index (χ4v) is 3.64. The monoisotopic (exact) mass is 440 g/mol. The Bertz CT molecular complexity index is 1070. The van der Waals surface area contributed by atoms with E-state index in [9.17, 15) is 4.79 Å². The molecular formula is C18H13BrN6OS. The molecule has 9 heteroatoms. The van der Waals surface area contributed by atoms with Crippen LogP contribution in [0.4, 0.5) is 5.13 Å². The lowest BCUT2D eigenvalue weighted by Crippen LogP contribution is -2.11. The van der Waals surface area contributed by atoms with E-state index in [1.807, 2.05) is 31.2 Å². The molecule has 0 aliphatic rings. The van der Waals surface area contributed by atoms with Crippen LogP contribution in [0.1, 0.15) is 15.2 Å². The highest BCUT2D eigenvalue weighted by atomic mass is 79.9. The van der Waals surface area contributed by atoms with Crippen molar-refractivity contribution in [3.05, 3.63) is 69.8 Å². The highest BCUT2D eigenvalue weighted by Gasteiger charge is 2.13. The number of hydrogen-bond donors (Lipinski definition) is 1. The number of benzene rings is 2. The lowest BCUT2D eigenvalue weighted by molar-refractivity contribution is 0.102. The second-order valence-corrected chi connectivity index (χ2v) is 7.80. The smallest absolute Gasteiger partial charge is 0.257 e. The topological polar surface area (TPSA) is 85.6 Å². The van der Waals surface area contributed by atoms with Crippen molar-refractivity contribution >= 4 is 38.3 Å². The number of amides is 1. The zero-order valence-electron chi connectivity index (χ0n) is 14.1. The third-order valence-electron chi connectivity index (χ3n) is 3.88. The first-order valence-electron chi connectivity index (χ1n) is 7.98. The van der Waals surface area contributed by atoms with Gasteiger partial charge in [0, 0.05) is 20.5 Å². The molecule has 134 valence electrons. The first-order chi connectivity index (χ1) is 13.1. The third kappa shape index (κ3) is 3.79. The lowest BCUT2D eigenvalue weighted by atomic mass is 10.1. The van der Waals surface area contributed by atoms with Crippen LogP contribution in [0.15, 0.2) is 59.3 Å². The minimum atomic E-state index is -0.214. The summed E-state index contributed by atoms with van der Waals surface area (Å²) in [7, 11) is 0. The Morgan fingerprint density at radius 1 is 1.11 bits per heavy atom. The van der Waals surface area contributed by atoms with Crippen LogP contribution in [-0.4, -0.2) is 31.1 Å². The molecule has 0 unspecified atom stereocenters. The predicted octanol–water partition coefficient (Wildman–Crippen LogP) is 4.11. The van der Waals surface area contributed by atoms with E-state index in [-0.39, 0.29) is 5.91 Å². The van der Waals surface area contributed by atoms with Crippen molar-refractivity contribution in [2.75, 3.05) is 5.32 Å². The van der Waals surface area contributed by atoms with Crippen molar-refractivity contribution in [2.24, 2.45) is 0 Å². The molecule has 0 radical (unpaired) electrons. The fourth-order valence-electron chi connectivity index (χ4n) is 2.54. The molecule has 1 amide bonds. The molecule has 0 spiro atoms.